The minimum Gasteiger partial charge on any atom is -0.497 e. The lowest BCUT2D eigenvalue weighted by Gasteiger charge is -2.42. The SMILES string of the molecule is CCCC1CNCCC1(C)Cc1ccc(OC)cc1. The van der Waals surface area contributed by atoms with Crippen molar-refractivity contribution in [2.24, 2.45) is 11.3 Å². The fourth-order valence-corrected chi connectivity index (χ4v) is 3.34. The van der Waals surface area contributed by atoms with Crippen LogP contribution in [0.25, 0.3) is 0 Å². The van der Waals surface area contributed by atoms with Crippen LogP contribution in [0, 0.1) is 11.3 Å². The van der Waals surface area contributed by atoms with Crippen LogP contribution in [0.4, 0.5) is 0 Å². The molecule has 1 aliphatic heterocycles. The van der Waals surface area contributed by atoms with Crippen molar-refractivity contribution in [3.63, 3.8) is 0 Å². The molecule has 0 amide bonds. The second-order valence-corrected chi connectivity index (χ2v) is 6.12. The average molecular weight is 261 g/mol. The molecule has 1 aromatic carbocycles. The van der Waals surface area contributed by atoms with E-state index in [-0.39, 0.29) is 0 Å². The van der Waals surface area contributed by atoms with Crippen LogP contribution >= 0.6 is 0 Å². The average Bonchev–Trinajstić information content (AvgIpc) is 2.42. The molecule has 0 aromatic heterocycles. The molecule has 2 nitrogen and oxygen atoms in total. The van der Waals surface area contributed by atoms with E-state index >= 15 is 0 Å². The summed E-state index contributed by atoms with van der Waals surface area (Å²) in [5.41, 5.74) is 1.88. The summed E-state index contributed by atoms with van der Waals surface area (Å²) < 4.78 is 5.23. The van der Waals surface area contributed by atoms with E-state index in [0.717, 1.165) is 18.2 Å². The molecule has 2 heteroatoms. The Labute approximate surface area is 117 Å². The second kappa shape index (κ2) is 6.42. The van der Waals surface area contributed by atoms with Crippen LogP contribution in [-0.2, 0) is 6.42 Å². The predicted octanol–water partition coefficient (Wildman–Crippen LogP) is 3.65. The monoisotopic (exact) mass is 261 g/mol. The number of hydrogen-bond donors (Lipinski definition) is 1. The number of methoxy groups -OCH3 is 1. The predicted molar refractivity (Wildman–Crippen MR) is 80.7 cm³/mol. The van der Waals surface area contributed by atoms with Gasteiger partial charge in [-0.25, -0.2) is 0 Å². The maximum Gasteiger partial charge on any atom is 0.118 e. The topological polar surface area (TPSA) is 21.3 Å². The summed E-state index contributed by atoms with van der Waals surface area (Å²) in [5.74, 6) is 1.75. The van der Waals surface area contributed by atoms with Gasteiger partial charge in [-0.1, -0.05) is 32.4 Å². The summed E-state index contributed by atoms with van der Waals surface area (Å²) in [4.78, 5) is 0. The van der Waals surface area contributed by atoms with Crippen molar-refractivity contribution in [3.05, 3.63) is 29.8 Å². The first-order chi connectivity index (χ1) is 9.18. The molecule has 2 atom stereocenters. The summed E-state index contributed by atoms with van der Waals surface area (Å²) in [6, 6.07) is 8.59. The van der Waals surface area contributed by atoms with Gasteiger partial charge in [0.1, 0.15) is 5.75 Å². The summed E-state index contributed by atoms with van der Waals surface area (Å²) in [6.07, 6.45) is 5.08. The van der Waals surface area contributed by atoms with E-state index in [1.807, 2.05) is 0 Å². The van der Waals surface area contributed by atoms with Crippen molar-refractivity contribution in [3.8, 4) is 5.75 Å². The van der Waals surface area contributed by atoms with Gasteiger partial charge in [0.2, 0.25) is 0 Å². The molecule has 106 valence electrons. The van der Waals surface area contributed by atoms with E-state index in [9.17, 15) is 0 Å². The lowest BCUT2D eigenvalue weighted by atomic mass is 9.67. The first kappa shape index (κ1) is 14.4. The first-order valence-corrected chi connectivity index (χ1v) is 7.51. The molecule has 1 fully saturated rings. The molecule has 2 rings (SSSR count). The molecule has 1 aromatic rings. The van der Waals surface area contributed by atoms with Crippen molar-refractivity contribution < 1.29 is 4.74 Å². The fraction of sp³-hybridized carbons (Fsp3) is 0.647. The maximum atomic E-state index is 5.23. The van der Waals surface area contributed by atoms with Crippen LogP contribution in [-0.4, -0.2) is 20.2 Å². The Kier molecular flexibility index (Phi) is 4.87. The van der Waals surface area contributed by atoms with Gasteiger partial charge in [-0.3, -0.25) is 0 Å². The first-order valence-electron chi connectivity index (χ1n) is 7.51. The third-order valence-corrected chi connectivity index (χ3v) is 4.65. The minimum absolute atomic E-state index is 0.440. The largest absolute Gasteiger partial charge is 0.497 e. The van der Waals surface area contributed by atoms with Crippen molar-refractivity contribution in [2.45, 2.75) is 39.5 Å². The van der Waals surface area contributed by atoms with Gasteiger partial charge < -0.3 is 10.1 Å². The quantitative estimate of drug-likeness (QED) is 0.873. The van der Waals surface area contributed by atoms with E-state index in [4.69, 9.17) is 4.74 Å². The van der Waals surface area contributed by atoms with Crippen LogP contribution in [0.5, 0.6) is 5.75 Å². The number of piperidine rings is 1. The number of rotatable bonds is 5. The molecular weight excluding hydrogens is 234 g/mol. The van der Waals surface area contributed by atoms with Crippen molar-refractivity contribution >= 4 is 0 Å². The Bertz CT molecular complexity index is 385. The molecule has 1 aliphatic rings. The molecular formula is C17H27NO. The Morgan fingerprint density at radius 3 is 2.68 bits per heavy atom. The lowest BCUT2D eigenvalue weighted by Crippen LogP contribution is -2.44. The van der Waals surface area contributed by atoms with E-state index in [1.165, 1.54) is 37.8 Å². The van der Waals surface area contributed by atoms with Crippen molar-refractivity contribution in [1.82, 2.24) is 5.32 Å². The summed E-state index contributed by atoms with van der Waals surface area (Å²) in [5, 5.41) is 3.56. The lowest BCUT2D eigenvalue weighted by molar-refractivity contribution is 0.120. The van der Waals surface area contributed by atoms with Crippen LogP contribution in [0.15, 0.2) is 24.3 Å². The van der Waals surface area contributed by atoms with Crippen LogP contribution in [0.2, 0.25) is 0 Å². The minimum atomic E-state index is 0.440. The highest BCUT2D eigenvalue weighted by Crippen LogP contribution is 2.39. The number of nitrogens with one attached hydrogen (secondary N) is 1. The van der Waals surface area contributed by atoms with Gasteiger partial charge in [0.25, 0.3) is 0 Å². The molecule has 0 saturated carbocycles. The van der Waals surface area contributed by atoms with Gasteiger partial charge in [0.15, 0.2) is 0 Å². The van der Waals surface area contributed by atoms with Gasteiger partial charge in [-0.15, -0.1) is 0 Å². The Balaban J connectivity index is 2.08. The number of ether oxygens (including phenoxy) is 1. The van der Waals surface area contributed by atoms with Crippen LogP contribution < -0.4 is 10.1 Å². The highest BCUT2D eigenvalue weighted by atomic mass is 16.5. The highest BCUT2D eigenvalue weighted by molar-refractivity contribution is 5.28. The van der Waals surface area contributed by atoms with E-state index in [0.29, 0.717) is 5.41 Å². The van der Waals surface area contributed by atoms with Gasteiger partial charge in [-0.2, -0.15) is 0 Å². The fourth-order valence-electron chi connectivity index (χ4n) is 3.34. The molecule has 1 saturated heterocycles. The van der Waals surface area contributed by atoms with Crippen molar-refractivity contribution in [1.29, 1.82) is 0 Å². The smallest absolute Gasteiger partial charge is 0.118 e. The zero-order valence-electron chi connectivity index (χ0n) is 12.5. The Morgan fingerprint density at radius 2 is 2.05 bits per heavy atom. The van der Waals surface area contributed by atoms with Gasteiger partial charge in [0.05, 0.1) is 7.11 Å². The second-order valence-electron chi connectivity index (χ2n) is 6.12. The van der Waals surface area contributed by atoms with E-state index in [2.05, 4.69) is 43.4 Å². The Hall–Kier alpha value is -1.02. The molecule has 1 heterocycles. The Morgan fingerprint density at radius 1 is 1.32 bits per heavy atom. The third kappa shape index (κ3) is 3.50. The normalized spacial score (nSPS) is 27.2. The maximum absolute atomic E-state index is 5.23. The zero-order valence-corrected chi connectivity index (χ0v) is 12.5. The molecule has 2 unspecified atom stereocenters. The number of benzene rings is 1. The molecule has 19 heavy (non-hydrogen) atoms. The van der Waals surface area contributed by atoms with Gasteiger partial charge >= 0.3 is 0 Å². The molecule has 0 aliphatic carbocycles. The highest BCUT2D eigenvalue weighted by Gasteiger charge is 2.35. The molecule has 0 spiro atoms. The summed E-state index contributed by atoms with van der Waals surface area (Å²) in [7, 11) is 1.72. The van der Waals surface area contributed by atoms with Crippen LogP contribution in [0.1, 0.15) is 38.7 Å². The molecule has 0 radical (unpaired) electrons. The van der Waals surface area contributed by atoms with E-state index < -0.39 is 0 Å². The zero-order chi connectivity index (χ0) is 13.7. The van der Waals surface area contributed by atoms with Gasteiger partial charge in [0, 0.05) is 0 Å². The summed E-state index contributed by atoms with van der Waals surface area (Å²) >= 11 is 0. The van der Waals surface area contributed by atoms with Gasteiger partial charge in [-0.05, 0) is 61.4 Å². The molecule has 0 bridgehead atoms. The number of hydrogen-bond acceptors (Lipinski definition) is 2. The molecule has 1 N–H and O–H groups in total. The third-order valence-electron chi connectivity index (χ3n) is 4.65. The summed E-state index contributed by atoms with van der Waals surface area (Å²) in [6.45, 7) is 7.11. The van der Waals surface area contributed by atoms with Crippen LogP contribution in [0.3, 0.4) is 0 Å². The van der Waals surface area contributed by atoms with Crippen molar-refractivity contribution in [2.75, 3.05) is 20.2 Å². The van der Waals surface area contributed by atoms with E-state index in [1.54, 1.807) is 7.11 Å². The standard InChI is InChI=1S/C17H27NO/c1-4-5-15-13-18-11-10-17(15,2)12-14-6-8-16(19-3)9-7-14/h6-9,15,18H,4-5,10-13H2,1-3H3.